The highest BCUT2D eigenvalue weighted by Gasteiger charge is 2.42. The van der Waals surface area contributed by atoms with Crippen molar-refractivity contribution in [2.24, 2.45) is 5.73 Å². The maximum Gasteiger partial charge on any atom is 0.122 e. The Morgan fingerprint density at radius 3 is 2.94 bits per heavy atom. The summed E-state index contributed by atoms with van der Waals surface area (Å²) in [5, 5.41) is 0. The topological polar surface area (TPSA) is 44.5 Å². The molecular formula is C15H21NO2. The molecule has 1 aromatic rings. The third-order valence-electron chi connectivity index (χ3n) is 4.11. The van der Waals surface area contributed by atoms with E-state index in [0.717, 1.165) is 31.7 Å². The lowest BCUT2D eigenvalue weighted by Gasteiger charge is -2.24. The molecule has 1 saturated carbocycles. The van der Waals surface area contributed by atoms with Crippen molar-refractivity contribution in [1.82, 2.24) is 0 Å². The van der Waals surface area contributed by atoms with Crippen molar-refractivity contribution in [3.8, 4) is 5.75 Å². The summed E-state index contributed by atoms with van der Waals surface area (Å²) in [5.41, 5.74) is 7.45. The van der Waals surface area contributed by atoms with E-state index >= 15 is 0 Å². The fraction of sp³-hybridized carbons (Fsp3) is 0.600. The Kier molecular flexibility index (Phi) is 3.27. The second kappa shape index (κ2) is 4.90. The third-order valence-corrected chi connectivity index (χ3v) is 4.11. The number of nitrogens with two attached hydrogens (primary N) is 1. The fourth-order valence-electron chi connectivity index (χ4n) is 2.66. The van der Waals surface area contributed by atoms with Crippen molar-refractivity contribution in [1.29, 1.82) is 0 Å². The predicted molar refractivity (Wildman–Crippen MR) is 70.9 cm³/mol. The van der Waals surface area contributed by atoms with E-state index in [1.54, 1.807) is 0 Å². The van der Waals surface area contributed by atoms with Gasteiger partial charge in [-0.2, -0.15) is 0 Å². The molecule has 3 heteroatoms. The minimum Gasteiger partial charge on any atom is -0.488 e. The highest BCUT2D eigenvalue weighted by Crippen LogP contribution is 2.47. The Morgan fingerprint density at radius 1 is 1.39 bits per heavy atom. The quantitative estimate of drug-likeness (QED) is 0.887. The van der Waals surface area contributed by atoms with E-state index in [2.05, 4.69) is 18.2 Å². The van der Waals surface area contributed by atoms with Gasteiger partial charge < -0.3 is 15.2 Å². The van der Waals surface area contributed by atoms with Crippen LogP contribution in [0.25, 0.3) is 0 Å². The van der Waals surface area contributed by atoms with Gasteiger partial charge in [0.2, 0.25) is 0 Å². The van der Waals surface area contributed by atoms with Gasteiger partial charge >= 0.3 is 0 Å². The molecule has 2 fully saturated rings. The lowest BCUT2D eigenvalue weighted by atomic mass is 9.96. The zero-order chi connectivity index (χ0) is 12.4. The molecule has 1 atom stereocenters. The van der Waals surface area contributed by atoms with Crippen LogP contribution in [0, 0.1) is 0 Å². The molecule has 1 heterocycles. The van der Waals surface area contributed by atoms with Crippen LogP contribution in [0.1, 0.15) is 31.2 Å². The highest BCUT2D eigenvalue weighted by molar-refractivity contribution is 5.38. The average Bonchev–Trinajstić information content (AvgIpc) is 3.21. The van der Waals surface area contributed by atoms with Gasteiger partial charge in [-0.1, -0.05) is 12.1 Å². The number of ether oxygens (including phenoxy) is 2. The monoisotopic (exact) mass is 247 g/mol. The maximum atomic E-state index is 6.00. The molecule has 0 radical (unpaired) electrons. The first-order chi connectivity index (χ1) is 8.82. The van der Waals surface area contributed by atoms with Crippen LogP contribution in [0.4, 0.5) is 0 Å². The first-order valence-electron chi connectivity index (χ1n) is 6.87. The molecule has 3 nitrogen and oxygen atoms in total. The SMILES string of the molecule is NCC1(c2cccc(OC3CCCOC3)c2)CC1. The first kappa shape index (κ1) is 12.0. The molecule has 2 N–H and O–H groups in total. The van der Waals surface area contributed by atoms with E-state index in [4.69, 9.17) is 15.2 Å². The molecule has 0 aromatic heterocycles. The Bertz CT molecular complexity index is 409. The van der Waals surface area contributed by atoms with Crippen LogP contribution in [0.2, 0.25) is 0 Å². The minimum absolute atomic E-state index is 0.210. The van der Waals surface area contributed by atoms with Crippen molar-refractivity contribution in [2.75, 3.05) is 19.8 Å². The summed E-state index contributed by atoms with van der Waals surface area (Å²) >= 11 is 0. The summed E-state index contributed by atoms with van der Waals surface area (Å²) in [6.45, 7) is 2.32. The third kappa shape index (κ3) is 2.38. The van der Waals surface area contributed by atoms with Gasteiger partial charge in [0.1, 0.15) is 11.9 Å². The van der Waals surface area contributed by atoms with Crippen molar-refractivity contribution < 1.29 is 9.47 Å². The Morgan fingerprint density at radius 2 is 2.28 bits per heavy atom. The van der Waals surface area contributed by atoms with Crippen LogP contribution in [0.15, 0.2) is 24.3 Å². The molecule has 1 aromatic carbocycles. The summed E-state index contributed by atoms with van der Waals surface area (Å²) in [7, 11) is 0. The van der Waals surface area contributed by atoms with Crippen LogP contribution in [0.5, 0.6) is 5.75 Å². The highest BCUT2D eigenvalue weighted by atomic mass is 16.5. The van der Waals surface area contributed by atoms with Crippen LogP contribution < -0.4 is 10.5 Å². The van der Waals surface area contributed by atoms with Gasteiger partial charge in [0, 0.05) is 18.6 Å². The molecule has 0 amide bonds. The molecule has 1 aliphatic carbocycles. The minimum atomic E-state index is 0.210. The molecule has 2 aliphatic rings. The maximum absolute atomic E-state index is 6.00. The largest absolute Gasteiger partial charge is 0.488 e. The molecule has 0 spiro atoms. The van der Waals surface area contributed by atoms with Crippen molar-refractivity contribution >= 4 is 0 Å². The van der Waals surface area contributed by atoms with Crippen LogP contribution in [-0.4, -0.2) is 25.9 Å². The molecule has 98 valence electrons. The number of benzene rings is 1. The van der Waals surface area contributed by atoms with Gasteiger partial charge in [0.15, 0.2) is 0 Å². The standard InChI is InChI=1S/C15H21NO2/c16-11-15(6-7-15)12-3-1-4-13(9-12)18-14-5-2-8-17-10-14/h1,3-4,9,14H,2,5-8,10-11,16H2. The van der Waals surface area contributed by atoms with Crippen molar-refractivity contribution in [2.45, 2.75) is 37.2 Å². The predicted octanol–water partition coefficient (Wildman–Crippen LogP) is 2.23. The first-order valence-corrected chi connectivity index (χ1v) is 6.87. The Hall–Kier alpha value is -1.06. The summed E-state index contributed by atoms with van der Waals surface area (Å²) in [4.78, 5) is 0. The molecule has 1 unspecified atom stereocenters. The van der Waals surface area contributed by atoms with Gasteiger partial charge in [0.05, 0.1) is 6.61 Å². The van der Waals surface area contributed by atoms with Crippen molar-refractivity contribution in [3.63, 3.8) is 0 Å². The summed E-state index contributed by atoms with van der Waals surface area (Å²) in [6, 6.07) is 8.44. The summed E-state index contributed by atoms with van der Waals surface area (Å²) in [6.07, 6.45) is 4.81. The molecule has 18 heavy (non-hydrogen) atoms. The lowest BCUT2D eigenvalue weighted by molar-refractivity contribution is 0.00739. The van der Waals surface area contributed by atoms with E-state index < -0.39 is 0 Å². The lowest BCUT2D eigenvalue weighted by Crippen LogP contribution is -2.28. The van der Waals surface area contributed by atoms with E-state index in [0.29, 0.717) is 6.61 Å². The van der Waals surface area contributed by atoms with E-state index in [1.807, 2.05) is 6.07 Å². The normalized spacial score (nSPS) is 25.7. The van der Waals surface area contributed by atoms with Gasteiger partial charge in [-0.25, -0.2) is 0 Å². The second-order valence-electron chi connectivity index (χ2n) is 5.47. The molecular weight excluding hydrogens is 226 g/mol. The second-order valence-corrected chi connectivity index (χ2v) is 5.47. The van der Waals surface area contributed by atoms with Gasteiger partial charge in [0.25, 0.3) is 0 Å². The zero-order valence-electron chi connectivity index (χ0n) is 10.7. The molecule has 0 bridgehead atoms. The van der Waals surface area contributed by atoms with Crippen LogP contribution in [0.3, 0.4) is 0 Å². The van der Waals surface area contributed by atoms with E-state index in [9.17, 15) is 0 Å². The van der Waals surface area contributed by atoms with Crippen molar-refractivity contribution in [3.05, 3.63) is 29.8 Å². The van der Waals surface area contributed by atoms with E-state index in [-0.39, 0.29) is 11.5 Å². The molecule has 1 aliphatic heterocycles. The Balaban J connectivity index is 1.70. The Labute approximate surface area is 108 Å². The van der Waals surface area contributed by atoms with E-state index in [1.165, 1.54) is 18.4 Å². The smallest absolute Gasteiger partial charge is 0.122 e. The summed E-state index contributed by atoms with van der Waals surface area (Å²) in [5.74, 6) is 0.961. The van der Waals surface area contributed by atoms with Crippen LogP contribution in [-0.2, 0) is 10.2 Å². The fourth-order valence-corrected chi connectivity index (χ4v) is 2.66. The molecule has 1 saturated heterocycles. The average molecular weight is 247 g/mol. The number of rotatable bonds is 4. The van der Waals surface area contributed by atoms with Crippen LogP contribution >= 0.6 is 0 Å². The van der Waals surface area contributed by atoms with Gasteiger partial charge in [-0.05, 0) is 43.4 Å². The van der Waals surface area contributed by atoms with Gasteiger partial charge in [-0.3, -0.25) is 0 Å². The van der Waals surface area contributed by atoms with Gasteiger partial charge in [-0.15, -0.1) is 0 Å². The number of hydrogen-bond acceptors (Lipinski definition) is 3. The number of hydrogen-bond donors (Lipinski definition) is 1. The summed E-state index contributed by atoms with van der Waals surface area (Å²) < 4.78 is 11.4. The molecule has 3 rings (SSSR count). The zero-order valence-corrected chi connectivity index (χ0v) is 10.7.